The maximum absolute atomic E-state index is 11.3. The molecule has 0 aromatic heterocycles. The fourth-order valence-electron chi connectivity index (χ4n) is 0.928. The zero-order chi connectivity index (χ0) is 10.6. The topological polar surface area (TPSA) is 29.1 Å². The van der Waals surface area contributed by atoms with E-state index in [-0.39, 0.29) is 10.7 Å². The fourth-order valence-corrected chi connectivity index (χ4v) is 1.04. The summed E-state index contributed by atoms with van der Waals surface area (Å²) in [7, 11) is 0. The lowest BCUT2D eigenvalue weighted by Crippen LogP contribution is -2.19. The van der Waals surface area contributed by atoms with Gasteiger partial charge in [-0.3, -0.25) is 4.79 Å². The van der Waals surface area contributed by atoms with Crippen LogP contribution >= 0.6 is 15.9 Å². The van der Waals surface area contributed by atoms with Crippen LogP contribution in [0.4, 0.5) is 5.69 Å². The number of alkyl halides is 1. The van der Waals surface area contributed by atoms with Crippen molar-refractivity contribution in [1.82, 2.24) is 0 Å². The van der Waals surface area contributed by atoms with Crippen molar-refractivity contribution in [3.05, 3.63) is 29.8 Å². The van der Waals surface area contributed by atoms with E-state index in [2.05, 4.69) is 27.2 Å². The second-order valence-electron chi connectivity index (χ2n) is 2.83. The van der Waals surface area contributed by atoms with Crippen LogP contribution in [0.5, 0.6) is 0 Å². The van der Waals surface area contributed by atoms with Crippen LogP contribution in [-0.2, 0) is 4.79 Å². The summed E-state index contributed by atoms with van der Waals surface area (Å²) in [5.41, 5.74) is 1.47. The van der Waals surface area contributed by atoms with Gasteiger partial charge in [-0.1, -0.05) is 27.9 Å². The average molecular weight is 252 g/mol. The highest BCUT2D eigenvalue weighted by molar-refractivity contribution is 9.10. The maximum atomic E-state index is 11.3. The summed E-state index contributed by atoms with van der Waals surface area (Å²) in [4.78, 5) is 11.1. The molecule has 0 aliphatic carbocycles. The van der Waals surface area contributed by atoms with E-state index in [1.54, 1.807) is 19.1 Å². The lowest BCUT2D eigenvalue weighted by atomic mass is 10.2. The van der Waals surface area contributed by atoms with Crippen molar-refractivity contribution >= 4 is 27.5 Å². The standard InChI is InChI=1S/C11H10BrNO/c1-3-9-5-4-6-10(7-9)13-11(14)8(2)12/h1,4-8H,2H3,(H,13,14). The average Bonchev–Trinajstić information content (AvgIpc) is 2.18. The lowest BCUT2D eigenvalue weighted by molar-refractivity contribution is -0.115. The van der Waals surface area contributed by atoms with E-state index in [0.717, 1.165) is 11.3 Å². The molecule has 3 heteroatoms. The van der Waals surface area contributed by atoms with Gasteiger partial charge < -0.3 is 5.32 Å². The van der Waals surface area contributed by atoms with Gasteiger partial charge in [0.05, 0.1) is 4.83 Å². The molecule has 14 heavy (non-hydrogen) atoms. The third-order valence-corrected chi connectivity index (χ3v) is 2.07. The molecule has 0 heterocycles. The van der Waals surface area contributed by atoms with Gasteiger partial charge in [-0.2, -0.15) is 0 Å². The van der Waals surface area contributed by atoms with Crippen molar-refractivity contribution in [3.63, 3.8) is 0 Å². The molecular formula is C11H10BrNO. The number of terminal acetylenes is 1. The zero-order valence-electron chi connectivity index (χ0n) is 7.75. The molecule has 1 aromatic carbocycles. The largest absolute Gasteiger partial charge is 0.325 e. The first-order chi connectivity index (χ1) is 6.63. The molecule has 1 atom stereocenters. The van der Waals surface area contributed by atoms with Crippen molar-refractivity contribution in [1.29, 1.82) is 0 Å². The van der Waals surface area contributed by atoms with Crippen LogP contribution in [0.3, 0.4) is 0 Å². The molecule has 1 rings (SSSR count). The first kappa shape index (κ1) is 10.8. The van der Waals surface area contributed by atoms with E-state index in [1.165, 1.54) is 0 Å². The normalized spacial score (nSPS) is 11.5. The summed E-state index contributed by atoms with van der Waals surface area (Å²) in [6.45, 7) is 1.76. The molecule has 0 radical (unpaired) electrons. The zero-order valence-corrected chi connectivity index (χ0v) is 9.34. The SMILES string of the molecule is C#Cc1cccc(NC(=O)C(C)Br)c1. The molecule has 0 bridgehead atoms. The molecule has 0 spiro atoms. The van der Waals surface area contributed by atoms with Crippen LogP contribution < -0.4 is 5.32 Å². The van der Waals surface area contributed by atoms with Crippen molar-refractivity contribution in [2.75, 3.05) is 5.32 Å². The molecule has 0 aliphatic heterocycles. The Morgan fingerprint density at radius 1 is 1.64 bits per heavy atom. The molecular weight excluding hydrogens is 242 g/mol. The van der Waals surface area contributed by atoms with Crippen molar-refractivity contribution in [2.24, 2.45) is 0 Å². The molecule has 1 amide bonds. The van der Waals surface area contributed by atoms with E-state index in [4.69, 9.17) is 6.42 Å². The number of hydrogen-bond donors (Lipinski definition) is 1. The Hall–Kier alpha value is -1.27. The summed E-state index contributed by atoms with van der Waals surface area (Å²) >= 11 is 3.18. The number of hydrogen-bond acceptors (Lipinski definition) is 1. The maximum Gasteiger partial charge on any atom is 0.237 e. The van der Waals surface area contributed by atoms with Crippen molar-refractivity contribution in [2.45, 2.75) is 11.8 Å². The summed E-state index contributed by atoms with van der Waals surface area (Å²) in [5.74, 6) is 2.42. The Labute approximate surface area is 91.8 Å². The summed E-state index contributed by atoms with van der Waals surface area (Å²) in [6, 6.07) is 7.18. The van der Waals surface area contributed by atoms with Gasteiger partial charge in [-0.05, 0) is 25.1 Å². The Bertz CT molecular complexity index is 379. The summed E-state index contributed by atoms with van der Waals surface area (Å²) < 4.78 is 0. The van der Waals surface area contributed by atoms with Gasteiger partial charge in [0.2, 0.25) is 5.91 Å². The third-order valence-electron chi connectivity index (χ3n) is 1.66. The van der Waals surface area contributed by atoms with Gasteiger partial charge in [0.25, 0.3) is 0 Å². The van der Waals surface area contributed by atoms with Gasteiger partial charge in [0.15, 0.2) is 0 Å². The van der Waals surface area contributed by atoms with Crippen molar-refractivity contribution in [3.8, 4) is 12.3 Å². The summed E-state index contributed by atoms with van der Waals surface area (Å²) in [5, 5.41) is 2.73. The minimum atomic E-state index is -0.211. The van der Waals surface area contributed by atoms with E-state index >= 15 is 0 Å². The molecule has 0 saturated carbocycles. The molecule has 0 saturated heterocycles. The number of benzene rings is 1. The number of carbonyl (C=O) groups is 1. The Balaban J connectivity index is 2.78. The second-order valence-corrected chi connectivity index (χ2v) is 4.20. The van der Waals surface area contributed by atoms with Crippen LogP contribution in [0.15, 0.2) is 24.3 Å². The van der Waals surface area contributed by atoms with Crippen LogP contribution in [0.25, 0.3) is 0 Å². The highest BCUT2D eigenvalue weighted by Gasteiger charge is 2.08. The Kier molecular flexibility index (Phi) is 3.73. The molecule has 72 valence electrons. The number of anilines is 1. The van der Waals surface area contributed by atoms with E-state index in [1.807, 2.05) is 12.1 Å². The lowest BCUT2D eigenvalue weighted by Gasteiger charge is -2.06. The van der Waals surface area contributed by atoms with Gasteiger partial charge in [-0.15, -0.1) is 6.42 Å². The first-order valence-electron chi connectivity index (χ1n) is 4.15. The Morgan fingerprint density at radius 2 is 2.36 bits per heavy atom. The number of rotatable bonds is 2. The fraction of sp³-hybridized carbons (Fsp3) is 0.182. The highest BCUT2D eigenvalue weighted by Crippen LogP contribution is 2.11. The predicted octanol–water partition coefficient (Wildman–Crippen LogP) is 2.39. The molecule has 1 aromatic rings. The number of amides is 1. The molecule has 2 nitrogen and oxygen atoms in total. The van der Waals surface area contributed by atoms with E-state index in [0.29, 0.717) is 0 Å². The smallest absolute Gasteiger partial charge is 0.237 e. The van der Waals surface area contributed by atoms with E-state index in [9.17, 15) is 4.79 Å². The first-order valence-corrected chi connectivity index (χ1v) is 5.06. The quantitative estimate of drug-likeness (QED) is 0.635. The molecule has 0 fully saturated rings. The van der Waals surface area contributed by atoms with E-state index < -0.39 is 0 Å². The molecule has 1 N–H and O–H groups in total. The van der Waals surface area contributed by atoms with Crippen LogP contribution in [0.2, 0.25) is 0 Å². The number of carbonyl (C=O) groups excluding carboxylic acids is 1. The van der Waals surface area contributed by atoms with Gasteiger partial charge in [0.1, 0.15) is 0 Å². The minimum absolute atomic E-state index is 0.0841. The van der Waals surface area contributed by atoms with Gasteiger partial charge in [-0.25, -0.2) is 0 Å². The monoisotopic (exact) mass is 251 g/mol. The second kappa shape index (κ2) is 4.83. The van der Waals surface area contributed by atoms with Crippen LogP contribution in [0.1, 0.15) is 12.5 Å². The van der Waals surface area contributed by atoms with Crippen LogP contribution in [0, 0.1) is 12.3 Å². The molecule has 0 aliphatic rings. The Morgan fingerprint density at radius 3 is 2.93 bits per heavy atom. The van der Waals surface area contributed by atoms with Gasteiger partial charge in [0, 0.05) is 11.3 Å². The predicted molar refractivity (Wildman–Crippen MR) is 61.4 cm³/mol. The summed E-state index contributed by atoms with van der Waals surface area (Å²) in [6.07, 6.45) is 5.24. The van der Waals surface area contributed by atoms with Gasteiger partial charge >= 0.3 is 0 Å². The van der Waals surface area contributed by atoms with Crippen LogP contribution in [-0.4, -0.2) is 10.7 Å². The number of halogens is 1. The minimum Gasteiger partial charge on any atom is -0.325 e. The molecule has 1 unspecified atom stereocenters. The third kappa shape index (κ3) is 2.90. The van der Waals surface area contributed by atoms with Crippen molar-refractivity contribution < 1.29 is 4.79 Å². The number of nitrogens with one attached hydrogen (secondary N) is 1. The highest BCUT2D eigenvalue weighted by atomic mass is 79.9.